The Balaban J connectivity index is 1.54. The number of ether oxygens (including phenoxy) is 3. The predicted octanol–water partition coefficient (Wildman–Crippen LogP) is 4.05. The maximum atomic E-state index is 13.5. The average molecular weight is 420 g/mol. The molecule has 0 radical (unpaired) electrons. The molecule has 1 atom stereocenters. The van der Waals surface area contributed by atoms with E-state index in [9.17, 15) is 4.79 Å². The van der Waals surface area contributed by atoms with Gasteiger partial charge in [0.1, 0.15) is 17.3 Å². The van der Waals surface area contributed by atoms with Gasteiger partial charge in [-0.05, 0) is 31.0 Å². The highest BCUT2D eigenvalue weighted by atomic mass is 16.5. The van der Waals surface area contributed by atoms with Crippen molar-refractivity contribution in [2.45, 2.75) is 18.9 Å². The molecule has 0 spiro atoms. The minimum Gasteiger partial charge on any atom is -0.496 e. The Hall–Kier alpha value is -3.68. The van der Waals surface area contributed by atoms with Crippen LogP contribution in [0, 0.1) is 0 Å². The first-order valence-electron chi connectivity index (χ1n) is 10.2. The lowest BCUT2D eigenvalue weighted by molar-refractivity contribution is 0.0725. The molecule has 5 rings (SSSR count). The van der Waals surface area contributed by atoms with Gasteiger partial charge in [0.15, 0.2) is 11.5 Å². The lowest BCUT2D eigenvalue weighted by Crippen LogP contribution is -2.31. The van der Waals surface area contributed by atoms with Crippen LogP contribution in [0.15, 0.2) is 36.4 Å². The third kappa shape index (κ3) is 3.06. The van der Waals surface area contributed by atoms with Crippen molar-refractivity contribution >= 4 is 27.8 Å². The summed E-state index contributed by atoms with van der Waals surface area (Å²) in [5, 5.41) is 0.767. The number of rotatable bonds is 5. The number of nitrogens with one attached hydrogen (secondary N) is 2. The van der Waals surface area contributed by atoms with E-state index in [1.807, 2.05) is 35.2 Å². The van der Waals surface area contributed by atoms with Crippen LogP contribution in [-0.4, -0.2) is 53.6 Å². The fourth-order valence-corrected chi connectivity index (χ4v) is 4.43. The van der Waals surface area contributed by atoms with Crippen LogP contribution in [0.5, 0.6) is 17.2 Å². The number of para-hydroxylation sites is 2. The molecule has 2 aromatic heterocycles. The summed E-state index contributed by atoms with van der Waals surface area (Å²) in [6.07, 6.45) is 1.79. The van der Waals surface area contributed by atoms with Crippen LogP contribution in [0.1, 0.15) is 35.2 Å². The molecule has 160 valence electrons. The number of benzene rings is 2. The number of amides is 1. The van der Waals surface area contributed by atoms with E-state index in [1.165, 1.54) is 0 Å². The summed E-state index contributed by atoms with van der Waals surface area (Å²) in [5.41, 5.74) is 3.03. The van der Waals surface area contributed by atoms with Crippen LogP contribution in [0.4, 0.5) is 0 Å². The van der Waals surface area contributed by atoms with E-state index in [4.69, 9.17) is 19.2 Å². The fourth-order valence-electron chi connectivity index (χ4n) is 4.43. The molecule has 2 aromatic carbocycles. The Kier molecular flexibility index (Phi) is 4.69. The van der Waals surface area contributed by atoms with Gasteiger partial charge in [0.2, 0.25) is 0 Å². The molecular weight excluding hydrogens is 396 g/mol. The molecule has 2 N–H and O–H groups in total. The standard InChI is InChI=1S/C23H24N4O4/c1-29-18-12-19(30-2)21(31-3)20-13(18)11-16(24-20)23(28)27-10-6-9-17(27)22-25-14-7-4-5-8-15(14)26-22/h4-5,7-8,11-12,17,24H,6,9-10H2,1-3H3,(H,25,26). The zero-order chi connectivity index (χ0) is 21.5. The molecule has 1 amide bonds. The van der Waals surface area contributed by atoms with E-state index in [-0.39, 0.29) is 11.9 Å². The minimum absolute atomic E-state index is 0.0813. The van der Waals surface area contributed by atoms with Crippen LogP contribution < -0.4 is 14.2 Å². The minimum atomic E-state index is -0.0929. The fraction of sp³-hybridized carbons (Fsp3) is 0.304. The highest BCUT2D eigenvalue weighted by Gasteiger charge is 2.34. The van der Waals surface area contributed by atoms with Gasteiger partial charge in [-0.3, -0.25) is 4.79 Å². The highest BCUT2D eigenvalue weighted by Crippen LogP contribution is 2.42. The van der Waals surface area contributed by atoms with Crippen LogP contribution >= 0.6 is 0 Å². The number of fused-ring (bicyclic) bond motifs is 2. The molecule has 3 heterocycles. The Morgan fingerprint density at radius 2 is 1.87 bits per heavy atom. The van der Waals surface area contributed by atoms with Gasteiger partial charge in [-0.2, -0.15) is 0 Å². The van der Waals surface area contributed by atoms with Crippen molar-refractivity contribution in [3.8, 4) is 17.2 Å². The van der Waals surface area contributed by atoms with Crippen LogP contribution in [0.25, 0.3) is 21.9 Å². The largest absolute Gasteiger partial charge is 0.496 e. The molecule has 4 aromatic rings. The molecule has 1 unspecified atom stereocenters. The monoisotopic (exact) mass is 420 g/mol. The van der Waals surface area contributed by atoms with Gasteiger partial charge >= 0.3 is 0 Å². The van der Waals surface area contributed by atoms with Crippen molar-refractivity contribution in [1.29, 1.82) is 0 Å². The molecule has 31 heavy (non-hydrogen) atoms. The molecule has 8 nitrogen and oxygen atoms in total. The van der Waals surface area contributed by atoms with E-state index in [2.05, 4.69) is 9.97 Å². The predicted molar refractivity (Wildman–Crippen MR) is 117 cm³/mol. The normalized spacial score (nSPS) is 16.2. The smallest absolute Gasteiger partial charge is 0.270 e. The SMILES string of the molecule is COc1cc(OC)c2cc(C(=O)N3CCCC3c3nc4ccccc4[nH]3)[nH]c2c1OC. The number of carbonyl (C=O) groups is 1. The summed E-state index contributed by atoms with van der Waals surface area (Å²) in [5.74, 6) is 2.42. The van der Waals surface area contributed by atoms with E-state index in [0.29, 0.717) is 35.0 Å². The molecule has 1 saturated heterocycles. The molecule has 0 saturated carbocycles. The van der Waals surface area contributed by atoms with Crippen molar-refractivity contribution in [2.75, 3.05) is 27.9 Å². The number of hydrogen-bond acceptors (Lipinski definition) is 5. The van der Waals surface area contributed by atoms with E-state index in [1.54, 1.807) is 27.4 Å². The number of hydrogen-bond donors (Lipinski definition) is 2. The first-order chi connectivity index (χ1) is 15.1. The van der Waals surface area contributed by atoms with Gasteiger partial charge in [-0.25, -0.2) is 4.98 Å². The maximum Gasteiger partial charge on any atom is 0.270 e. The first kappa shape index (κ1) is 19.3. The summed E-state index contributed by atoms with van der Waals surface area (Å²) in [7, 11) is 4.73. The van der Waals surface area contributed by atoms with Gasteiger partial charge in [-0.15, -0.1) is 0 Å². The van der Waals surface area contributed by atoms with Crippen molar-refractivity contribution in [3.05, 3.63) is 47.9 Å². The first-order valence-corrected chi connectivity index (χ1v) is 10.2. The Labute approximate surface area is 179 Å². The summed E-state index contributed by atoms with van der Waals surface area (Å²) < 4.78 is 16.5. The molecule has 1 fully saturated rings. The maximum absolute atomic E-state index is 13.5. The van der Waals surface area contributed by atoms with E-state index >= 15 is 0 Å². The third-order valence-corrected chi connectivity index (χ3v) is 5.91. The zero-order valence-electron chi connectivity index (χ0n) is 17.7. The highest BCUT2D eigenvalue weighted by molar-refractivity contribution is 6.02. The lowest BCUT2D eigenvalue weighted by Gasteiger charge is -2.22. The number of carbonyl (C=O) groups excluding carboxylic acids is 1. The van der Waals surface area contributed by atoms with E-state index < -0.39 is 0 Å². The molecule has 0 aliphatic carbocycles. The number of methoxy groups -OCH3 is 3. The summed E-state index contributed by atoms with van der Waals surface area (Å²) in [4.78, 5) is 26.7. The number of nitrogens with zero attached hydrogens (tertiary/aromatic N) is 2. The second-order valence-corrected chi connectivity index (χ2v) is 7.58. The number of likely N-dealkylation sites (tertiary alicyclic amines) is 1. The Morgan fingerprint density at radius 3 is 2.61 bits per heavy atom. The Morgan fingerprint density at radius 1 is 1.06 bits per heavy atom. The summed E-state index contributed by atoms with van der Waals surface area (Å²) >= 11 is 0. The van der Waals surface area contributed by atoms with Crippen LogP contribution in [0.2, 0.25) is 0 Å². The summed E-state index contributed by atoms with van der Waals surface area (Å²) in [6, 6.07) is 11.4. The average Bonchev–Trinajstić information content (AvgIpc) is 3.54. The quantitative estimate of drug-likeness (QED) is 0.508. The van der Waals surface area contributed by atoms with Gasteiger partial charge in [0.25, 0.3) is 5.91 Å². The second-order valence-electron chi connectivity index (χ2n) is 7.58. The van der Waals surface area contributed by atoms with Crippen molar-refractivity contribution in [3.63, 3.8) is 0 Å². The third-order valence-electron chi connectivity index (χ3n) is 5.91. The molecule has 1 aliphatic rings. The van der Waals surface area contributed by atoms with E-state index in [0.717, 1.165) is 35.1 Å². The van der Waals surface area contributed by atoms with Gasteiger partial charge in [-0.1, -0.05) is 12.1 Å². The summed E-state index contributed by atoms with van der Waals surface area (Å²) in [6.45, 7) is 0.674. The number of H-pyrrole nitrogens is 2. The number of aromatic amines is 2. The molecule has 1 aliphatic heterocycles. The van der Waals surface area contributed by atoms with Gasteiger partial charge < -0.3 is 29.1 Å². The van der Waals surface area contributed by atoms with Crippen LogP contribution in [-0.2, 0) is 0 Å². The topological polar surface area (TPSA) is 92.5 Å². The van der Waals surface area contributed by atoms with Crippen LogP contribution in [0.3, 0.4) is 0 Å². The Bertz CT molecular complexity index is 1240. The van der Waals surface area contributed by atoms with Crippen molar-refractivity contribution in [2.24, 2.45) is 0 Å². The lowest BCUT2D eigenvalue weighted by atomic mass is 10.2. The number of aromatic nitrogens is 3. The van der Waals surface area contributed by atoms with Crippen molar-refractivity contribution in [1.82, 2.24) is 19.9 Å². The van der Waals surface area contributed by atoms with Crippen molar-refractivity contribution < 1.29 is 19.0 Å². The van der Waals surface area contributed by atoms with Gasteiger partial charge in [0, 0.05) is 18.0 Å². The van der Waals surface area contributed by atoms with Gasteiger partial charge in [0.05, 0.1) is 43.9 Å². The zero-order valence-corrected chi connectivity index (χ0v) is 17.7. The number of imidazole rings is 1. The molecule has 0 bridgehead atoms. The molecule has 8 heteroatoms. The molecular formula is C23H24N4O4. The second kappa shape index (κ2) is 7.54.